The molecule has 18 heavy (non-hydrogen) atoms. The van der Waals surface area contributed by atoms with Gasteiger partial charge in [0.05, 0.1) is 4.58 Å². The Morgan fingerprint density at radius 3 is 2.44 bits per heavy atom. The van der Waals surface area contributed by atoms with Crippen molar-refractivity contribution in [3.8, 4) is 0 Å². The molecule has 2 rings (SSSR count). The third kappa shape index (κ3) is 2.00. The SMILES string of the molecule is CO[C@H]1C(=O)N2C(C(C)(C)C)=C(C)C(SC)S[C@H]12. The summed E-state index contributed by atoms with van der Waals surface area (Å²) >= 11 is 3.67. The molecule has 0 N–H and O–H groups in total. The number of β-lactam (4-membered cyclic amide) rings is 1. The fourth-order valence-corrected chi connectivity index (χ4v) is 5.26. The Morgan fingerprint density at radius 1 is 1.39 bits per heavy atom. The van der Waals surface area contributed by atoms with Crippen molar-refractivity contribution in [3.05, 3.63) is 11.3 Å². The zero-order valence-corrected chi connectivity index (χ0v) is 13.4. The number of carbonyl (C=O) groups excluding carboxylic acids is 1. The molecule has 0 aromatic carbocycles. The number of ether oxygens (including phenoxy) is 1. The van der Waals surface area contributed by atoms with E-state index in [4.69, 9.17) is 4.74 Å². The summed E-state index contributed by atoms with van der Waals surface area (Å²) in [4.78, 5) is 14.1. The average molecular weight is 287 g/mol. The molecule has 0 aromatic rings. The van der Waals surface area contributed by atoms with E-state index in [2.05, 4.69) is 34.0 Å². The van der Waals surface area contributed by atoms with Gasteiger partial charge in [-0.25, -0.2) is 0 Å². The third-order valence-corrected chi connectivity index (χ3v) is 6.43. The van der Waals surface area contributed by atoms with E-state index in [-0.39, 0.29) is 22.8 Å². The molecule has 0 aliphatic carbocycles. The molecule has 0 radical (unpaired) electrons. The van der Waals surface area contributed by atoms with Crippen LogP contribution in [0.3, 0.4) is 0 Å². The fraction of sp³-hybridized carbons (Fsp3) is 0.769. The Hall–Kier alpha value is -0.130. The normalized spacial score (nSPS) is 32.4. The van der Waals surface area contributed by atoms with Crippen LogP contribution in [0.4, 0.5) is 0 Å². The number of nitrogens with zero attached hydrogens (tertiary/aromatic N) is 1. The lowest BCUT2D eigenvalue weighted by molar-refractivity contribution is -0.159. The van der Waals surface area contributed by atoms with Crippen molar-refractivity contribution < 1.29 is 9.53 Å². The predicted molar refractivity (Wildman–Crippen MR) is 78.5 cm³/mol. The van der Waals surface area contributed by atoms with Crippen LogP contribution in [-0.2, 0) is 9.53 Å². The number of hydrogen-bond acceptors (Lipinski definition) is 4. The highest BCUT2D eigenvalue weighted by Crippen LogP contribution is 2.51. The second-order valence-corrected chi connectivity index (χ2v) is 8.21. The Labute approximate surface area is 118 Å². The summed E-state index contributed by atoms with van der Waals surface area (Å²) in [6, 6.07) is 0. The minimum atomic E-state index is -0.268. The molecule has 102 valence electrons. The van der Waals surface area contributed by atoms with Gasteiger partial charge in [-0.1, -0.05) is 20.8 Å². The van der Waals surface area contributed by atoms with E-state index in [9.17, 15) is 4.79 Å². The second-order valence-electron chi connectivity index (χ2n) is 5.74. The van der Waals surface area contributed by atoms with Crippen molar-refractivity contribution in [2.75, 3.05) is 13.4 Å². The summed E-state index contributed by atoms with van der Waals surface area (Å²) in [5, 5.41) is 0.151. The molecule has 1 saturated heterocycles. The number of fused-ring (bicyclic) bond motifs is 1. The molecule has 5 heteroatoms. The molecular formula is C13H21NO2S2. The molecule has 0 spiro atoms. The van der Waals surface area contributed by atoms with E-state index in [0.29, 0.717) is 4.58 Å². The van der Waals surface area contributed by atoms with E-state index in [0.717, 1.165) is 0 Å². The third-order valence-electron chi connectivity index (χ3n) is 3.40. The first-order valence-corrected chi connectivity index (χ1v) is 8.31. The highest BCUT2D eigenvalue weighted by molar-refractivity contribution is 8.17. The maximum absolute atomic E-state index is 12.2. The van der Waals surface area contributed by atoms with Crippen LogP contribution in [0.15, 0.2) is 11.3 Å². The molecule has 3 atom stereocenters. The van der Waals surface area contributed by atoms with Gasteiger partial charge in [-0.3, -0.25) is 9.69 Å². The van der Waals surface area contributed by atoms with Gasteiger partial charge in [-0.2, -0.15) is 0 Å². The van der Waals surface area contributed by atoms with E-state index in [1.54, 1.807) is 7.11 Å². The molecule has 0 bridgehead atoms. The number of thioether (sulfide) groups is 2. The Bertz CT molecular complexity index is 400. The van der Waals surface area contributed by atoms with Crippen LogP contribution in [0, 0.1) is 5.41 Å². The van der Waals surface area contributed by atoms with Gasteiger partial charge >= 0.3 is 0 Å². The molecule has 0 saturated carbocycles. The highest BCUT2D eigenvalue weighted by Gasteiger charge is 2.55. The van der Waals surface area contributed by atoms with E-state index in [1.807, 2.05) is 28.4 Å². The van der Waals surface area contributed by atoms with Crippen molar-refractivity contribution >= 4 is 29.4 Å². The summed E-state index contributed by atoms with van der Waals surface area (Å²) in [6.07, 6.45) is 1.86. The second kappa shape index (κ2) is 4.76. The van der Waals surface area contributed by atoms with Crippen LogP contribution in [0.5, 0.6) is 0 Å². The van der Waals surface area contributed by atoms with Gasteiger partial charge in [-0.15, -0.1) is 23.5 Å². The van der Waals surface area contributed by atoms with Crippen molar-refractivity contribution in [3.63, 3.8) is 0 Å². The van der Waals surface area contributed by atoms with Gasteiger partial charge in [0, 0.05) is 18.2 Å². The van der Waals surface area contributed by atoms with Crippen molar-refractivity contribution in [1.82, 2.24) is 4.90 Å². The number of carbonyl (C=O) groups is 1. The van der Waals surface area contributed by atoms with Crippen LogP contribution in [0.25, 0.3) is 0 Å². The Kier molecular flexibility index (Phi) is 3.78. The zero-order chi connectivity index (χ0) is 13.7. The van der Waals surface area contributed by atoms with Crippen molar-refractivity contribution in [2.24, 2.45) is 5.41 Å². The first-order valence-electron chi connectivity index (χ1n) is 6.08. The number of amides is 1. The average Bonchev–Trinajstić information content (AvgIpc) is 2.28. The quantitative estimate of drug-likeness (QED) is 0.730. The van der Waals surface area contributed by atoms with Crippen LogP contribution in [0.1, 0.15) is 27.7 Å². The lowest BCUT2D eigenvalue weighted by Crippen LogP contribution is -2.66. The largest absolute Gasteiger partial charge is 0.368 e. The number of rotatable bonds is 2. The number of hydrogen-bond donors (Lipinski definition) is 0. The highest BCUT2D eigenvalue weighted by atomic mass is 32.2. The van der Waals surface area contributed by atoms with Crippen LogP contribution in [0.2, 0.25) is 0 Å². The molecule has 1 fully saturated rings. The maximum Gasteiger partial charge on any atom is 0.260 e. The minimum absolute atomic E-state index is 0.00827. The molecule has 2 aliphatic heterocycles. The van der Waals surface area contributed by atoms with Gasteiger partial charge in [0.2, 0.25) is 0 Å². The smallest absolute Gasteiger partial charge is 0.260 e. The molecule has 1 unspecified atom stereocenters. The van der Waals surface area contributed by atoms with Crippen molar-refractivity contribution in [2.45, 2.75) is 43.8 Å². The fourth-order valence-electron chi connectivity index (χ4n) is 2.74. The van der Waals surface area contributed by atoms with Crippen LogP contribution >= 0.6 is 23.5 Å². The predicted octanol–water partition coefficient (Wildman–Crippen LogP) is 2.93. The monoisotopic (exact) mass is 287 g/mol. The molecule has 2 aliphatic rings. The summed E-state index contributed by atoms with van der Waals surface area (Å²) in [5.74, 6) is 0.110. The van der Waals surface area contributed by atoms with Crippen LogP contribution in [-0.4, -0.2) is 40.2 Å². The lowest BCUT2D eigenvalue weighted by atomic mass is 9.85. The first kappa shape index (κ1) is 14.3. The Balaban J connectivity index is 2.42. The molecule has 3 nitrogen and oxygen atoms in total. The number of methoxy groups -OCH3 is 1. The molecular weight excluding hydrogens is 266 g/mol. The molecule has 0 aromatic heterocycles. The van der Waals surface area contributed by atoms with Gasteiger partial charge in [0.25, 0.3) is 5.91 Å². The van der Waals surface area contributed by atoms with Gasteiger partial charge in [0.15, 0.2) is 6.10 Å². The van der Waals surface area contributed by atoms with E-state index < -0.39 is 0 Å². The zero-order valence-electron chi connectivity index (χ0n) is 11.8. The standard InChI is InChI=1S/C13H21NO2S2/c1-7-9(13(2,3)4)14-10(15)8(16-5)11(14)18-12(7)17-6/h8,11-12H,1-6H3/t8-,11+,12?/m0/s1. The first-order chi connectivity index (χ1) is 8.32. The van der Waals surface area contributed by atoms with Crippen molar-refractivity contribution in [1.29, 1.82) is 0 Å². The van der Waals surface area contributed by atoms with E-state index >= 15 is 0 Å². The van der Waals surface area contributed by atoms with E-state index in [1.165, 1.54) is 11.3 Å². The van der Waals surface area contributed by atoms with Gasteiger partial charge in [0.1, 0.15) is 5.37 Å². The van der Waals surface area contributed by atoms with Gasteiger partial charge < -0.3 is 4.74 Å². The van der Waals surface area contributed by atoms with Crippen LogP contribution < -0.4 is 0 Å². The summed E-state index contributed by atoms with van der Waals surface area (Å²) < 4.78 is 5.74. The summed E-state index contributed by atoms with van der Waals surface area (Å²) in [5.41, 5.74) is 2.49. The Morgan fingerprint density at radius 2 is 2.00 bits per heavy atom. The summed E-state index contributed by atoms with van der Waals surface area (Å²) in [7, 11) is 1.62. The number of allylic oxidation sites excluding steroid dienone is 1. The summed E-state index contributed by atoms with van der Waals surface area (Å²) in [6.45, 7) is 8.66. The van der Waals surface area contributed by atoms with Gasteiger partial charge in [-0.05, 0) is 18.8 Å². The molecule has 2 heterocycles. The molecule has 1 amide bonds. The minimum Gasteiger partial charge on any atom is -0.368 e. The maximum atomic E-state index is 12.2. The lowest BCUT2D eigenvalue weighted by Gasteiger charge is -2.54. The topological polar surface area (TPSA) is 29.5 Å².